The second-order valence-corrected chi connectivity index (χ2v) is 18.9. The third-order valence-electron chi connectivity index (χ3n) is 14.0. The van der Waals surface area contributed by atoms with Crippen molar-refractivity contribution in [1.82, 2.24) is 5.32 Å². The molecule has 3 fully saturated rings. The molecule has 0 aliphatic heterocycles. The van der Waals surface area contributed by atoms with Crippen LogP contribution in [0.3, 0.4) is 0 Å². The number of methoxy groups -OCH3 is 1. The number of furan rings is 1. The molecule has 0 radical (unpaired) electrons. The number of aromatic hydroxyl groups is 1. The number of Topliss-reactive ketones (excluding diaryl/α,β-unsaturated/α-hetero) is 1. The maximum atomic E-state index is 13.6. The number of carbonyl (C=O) groups excluding carboxylic acids is 4. The maximum absolute atomic E-state index is 13.6. The van der Waals surface area contributed by atoms with E-state index in [4.69, 9.17) is 47.3 Å². The number of alkyl halides is 2. The van der Waals surface area contributed by atoms with Gasteiger partial charge in [-0.25, -0.2) is 14.4 Å². The first kappa shape index (κ1) is 58.5. The van der Waals surface area contributed by atoms with Gasteiger partial charge >= 0.3 is 17.9 Å². The highest BCUT2D eigenvalue weighted by atomic mass is 35.5. The summed E-state index contributed by atoms with van der Waals surface area (Å²) in [6, 6.07) is 15.8. The Bertz CT molecular complexity index is 2410. The van der Waals surface area contributed by atoms with Gasteiger partial charge in [-0.05, 0) is 111 Å². The minimum absolute atomic E-state index is 0. The number of phenolic OH excluding ortho intramolecular Hbond substituents is 1. The van der Waals surface area contributed by atoms with E-state index in [1.165, 1.54) is 30.0 Å². The van der Waals surface area contributed by atoms with Crippen molar-refractivity contribution in [3.63, 3.8) is 0 Å². The van der Waals surface area contributed by atoms with Crippen LogP contribution in [0, 0.1) is 28.6 Å². The molecule has 10 atom stereocenters. The van der Waals surface area contributed by atoms with Crippen molar-refractivity contribution in [2.45, 2.75) is 88.5 Å². The lowest BCUT2D eigenvalue weighted by molar-refractivity contribution is -0.177. The van der Waals surface area contributed by atoms with Gasteiger partial charge in [-0.1, -0.05) is 50.6 Å². The number of aliphatic hydroxyl groups is 2. The number of hydrogen-bond donors (Lipinski definition) is 7. The van der Waals surface area contributed by atoms with E-state index < -0.39 is 51.4 Å². The summed E-state index contributed by atoms with van der Waals surface area (Å²) in [5, 5.41) is 53.0. The van der Waals surface area contributed by atoms with Crippen LogP contribution in [-0.4, -0.2) is 115 Å². The van der Waals surface area contributed by atoms with E-state index in [9.17, 15) is 44.1 Å². The number of ether oxygens (including phenoxy) is 2. The Hall–Kier alpha value is -5.86. The van der Waals surface area contributed by atoms with Gasteiger partial charge in [0.05, 0.1) is 42.0 Å². The molecule has 0 bridgehead atoms. The first-order chi connectivity index (χ1) is 32.1. The van der Waals surface area contributed by atoms with Crippen LogP contribution in [-0.2, 0) is 35.1 Å². The number of allylic oxidation sites excluding steroid dienone is 4. The number of esters is 1. The quantitative estimate of drug-likeness (QED) is 0.0340. The average molecular weight is 1020 g/mol. The number of halogens is 2. The molecule has 3 aromatic rings. The number of anilines is 1. The van der Waals surface area contributed by atoms with Crippen molar-refractivity contribution < 1.29 is 79.1 Å². The first-order valence-electron chi connectivity index (χ1n) is 22.0. The Morgan fingerprint density at radius 3 is 2.24 bits per heavy atom. The highest BCUT2D eigenvalue weighted by Gasteiger charge is 2.76. The van der Waals surface area contributed by atoms with Crippen LogP contribution >= 0.6 is 23.2 Å². The summed E-state index contributed by atoms with van der Waals surface area (Å²) < 4.78 is 16.5. The van der Waals surface area contributed by atoms with Crippen LogP contribution in [0.4, 0.5) is 5.69 Å². The number of ketones is 2. The van der Waals surface area contributed by atoms with Crippen LogP contribution in [0.2, 0.25) is 0 Å². The van der Waals surface area contributed by atoms with Gasteiger partial charge in [0.25, 0.3) is 0 Å². The average Bonchev–Trinajstić information content (AvgIpc) is 3.92. The number of aliphatic hydroxyl groups excluding tert-OH is 2. The number of fused-ring (bicyclic) bond motifs is 5. The zero-order valence-corrected chi connectivity index (χ0v) is 40.8. The van der Waals surface area contributed by atoms with Gasteiger partial charge in [0.1, 0.15) is 11.5 Å². The molecule has 382 valence electrons. The van der Waals surface area contributed by atoms with Crippen LogP contribution in [0.15, 0.2) is 101 Å². The molecule has 0 saturated heterocycles. The number of carboxylic acid groups (broad SMARTS) is 2. The highest BCUT2D eigenvalue weighted by molar-refractivity contribution is 6.29. The number of aliphatic carboxylic acids is 2. The fourth-order valence-electron chi connectivity index (χ4n) is 10.8. The molecular formula is C50H62Cl2N2O16. The number of benzene rings is 2. The Labute approximate surface area is 415 Å². The Balaban J connectivity index is 0.000000325. The molecule has 7 rings (SSSR count). The van der Waals surface area contributed by atoms with Gasteiger partial charge < -0.3 is 61.0 Å². The molecular weight excluding hydrogens is 955 g/mol. The van der Waals surface area contributed by atoms with Gasteiger partial charge in [0.2, 0.25) is 12.2 Å². The van der Waals surface area contributed by atoms with Gasteiger partial charge in [0.15, 0.2) is 17.2 Å². The molecule has 2 aromatic carbocycles. The van der Waals surface area contributed by atoms with Crippen LogP contribution < -0.4 is 15.4 Å². The molecule has 18 nitrogen and oxygen atoms in total. The summed E-state index contributed by atoms with van der Waals surface area (Å²) in [5.41, 5.74) is -0.131. The van der Waals surface area contributed by atoms with Gasteiger partial charge in [-0.15, -0.1) is 23.2 Å². The van der Waals surface area contributed by atoms with Crippen LogP contribution in [0.1, 0.15) is 81.2 Å². The predicted molar refractivity (Wildman–Crippen MR) is 259 cm³/mol. The highest BCUT2D eigenvalue weighted by Crippen LogP contribution is 2.72. The number of rotatable bonds is 15. The van der Waals surface area contributed by atoms with E-state index in [2.05, 4.69) is 10.6 Å². The lowest BCUT2D eigenvalue weighted by atomic mass is 9.45. The van der Waals surface area contributed by atoms with E-state index in [1.807, 2.05) is 58.0 Å². The van der Waals surface area contributed by atoms with E-state index in [-0.39, 0.29) is 75.8 Å². The normalized spacial score (nSPS) is 27.8. The third kappa shape index (κ3) is 11.8. The Kier molecular flexibility index (Phi) is 20.3. The van der Waals surface area contributed by atoms with Crippen molar-refractivity contribution in [2.24, 2.45) is 28.6 Å². The third-order valence-corrected chi connectivity index (χ3v) is 15.2. The van der Waals surface area contributed by atoms with E-state index >= 15 is 0 Å². The smallest absolute Gasteiger partial charge is 0.375 e. The SMILES string of the molecule is COc1ccc(C[C@@H](C)NC[C@H](O)c2ccc(O)c(NC=O)c2)cc1.C[C@@H]1C[C@H]2[C@@H]3CCC4=CC(=O)C=C[C@]4(C)[C@@]3(Cl)[C@@H](O)C[C@]2(C)[C@@]1(OC(=O)c1ccco1)C(=O)CCl.O.O.O=C(O)/C=C/C(=O)O. The largest absolute Gasteiger partial charge is 0.506 e. The minimum atomic E-state index is -1.53. The Morgan fingerprint density at radius 1 is 1.01 bits per heavy atom. The number of carbonyl (C=O) groups is 6. The number of hydrogen-bond acceptors (Lipinski definition) is 13. The Morgan fingerprint density at radius 2 is 1.67 bits per heavy atom. The van der Waals surface area contributed by atoms with Crippen molar-refractivity contribution in [2.75, 3.05) is 24.9 Å². The van der Waals surface area contributed by atoms with Crippen molar-refractivity contribution in [3.8, 4) is 11.5 Å². The molecule has 1 amide bonds. The topological polar surface area (TPSA) is 322 Å². The summed E-state index contributed by atoms with van der Waals surface area (Å²) >= 11 is 13.6. The fraction of sp³-hybridized carbons (Fsp3) is 0.440. The van der Waals surface area contributed by atoms with Gasteiger partial charge in [0, 0.05) is 41.5 Å². The number of phenols is 1. The second-order valence-electron chi connectivity index (χ2n) is 18.0. The number of amides is 1. The molecule has 11 N–H and O–H groups in total. The maximum Gasteiger partial charge on any atom is 0.375 e. The van der Waals surface area contributed by atoms with Crippen molar-refractivity contribution >= 4 is 64.8 Å². The molecule has 70 heavy (non-hydrogen) atoms. The van der Waals surface area contributed by atoms with E-state index in [0.29, 0.717) is 49.9 Å². The lowest BCUT2D eigenvalue weighted by Crippen LogP contribution is -2.69. The summed E-state index contributed by atoms with van der Waals surface area (Å²) in [4.78, 5) is 67.3. The molecule has 4 aliphatic rings. The van der Waals surface area contributed by atoms with Crippen LogP contribution in [0.5, 0.6) is 11.5 Å². The summed E-state index contributed by atoms with van der Waals surface area (Å²) in [5.74, 6) is -3.85. The van der Waals surface area contributed by atoms with Crippen molar-refractivity contribution in [3.05, 3.63) is 114 Å². The number of nitrogens with one attached hydrogen (secondary N) is 2. The summed E-state index contributed by atoms with van der Waals surface area (Å²) in [6.45, 7) is 8.23. The van der Waals surface area contributed by atoms with Gasteiger partial charge in [-0.3, -0.25) is 14.4 Å². The minimum Gasteiger partial charge on any atom is -0.506 e. The van der Waals surface area contributed by atoms with E-state index in [0.717, 1.165) is 17.7 Å². The zero-order chi connectivity index (χ0) is 50.2. The summed E-state index contributed by atoms with van der Waals surface area (Å²) in [6.07, 6.45) is 9.12. The fourth-order valence-corrected chi connectivity index (χ4v) is 11.5. The molecule has 1 heterocycles. The molecule has 4 aliphatic carbocycles. The predicted octanol–water partition coefficient (Wildman–Crippen LogP) is 5.15. The monoisotopic (exact) mass is 1020 g/mol. The zero-order valence-electron chi connectivity index (χ0n) is 39.3. The first-order valence-corrected chi connectivity index (χ1v) is 22.9. The molecule has 0 unspecified atom stereocenters. The second kappa shape index (κ2) is 24.3. The molecule has 3 saturated carbocycles. The van der Waals surface area contributed by atoms with E-state index in [1.54, 1.807) is 31.4 Å². The molecule has 20 heteroatoms. The number of carboxylic acids is 2. The lowest BCUT2D eigenvalue weighted by Gasteiger charge is -2.64. The van der Waals surface area contributed by atoms with Crippen molar-refractivity contribution in [1.29, 1.82) is 0 Å². The van der Waals surface area contributed by atoms with Crippen LogP contribution in [0.25, 0.3) is 0 Å². The molecule has 1 aromatic heterocycles. The standard InChI is InChI=1S/C27H30Cl2O6.C19H24N2O4.C4H4O4.2H2O/c1-15-11-19-18-7-6-16-12-17(30)8-9-24(16,2)26(18,29)21(31)13-25(19,3)27(15,22(32)14-28)35-23(33)20-5-4-10-34-20;1-13(9-14-3-6-16(25-2)7-4-14)20-11-19(24)15-5-8-18(23)17(10-15)21-12-22;5-3(6)1-2-4(7)8;;/h4-5,8-10,12,15,18-19,21,31H,6-7,11,13-14H2,1-3H3;3-8,10,12-13,19-20,23-24H,9,11H2,1-2H3,(H,21,22);1-2H,(H,5,6)(H,7,8);2*1H2/b;;2-1+;;/t15-,18+,19+,21+,24+,25+,26+,27+;13-,19+;;;/m11.../s1. The van der Waals surface area contributed by atoms with Gasteiger partial charge in [-0.2, -0.15) is 0 Å². The summed E-state index contributed by atoms with van der Waals surface area (Å²) in [7, 11) is 1.64. The molecule has 0 spiro atoms.